The number of aliphatic carboxylic acids is 1. The SMILES string of the molecule is NC(C/C=C(/c1cccc([N+](=O)[O-])c1)c1ccc(F)cc1F)C(=O)O. The maximum absolute atomic E-state index is 14.2. The summed E-state index contributed by atoms with van der Waals surface area (Å²) in [4.78, 5) is 21.2. The Hall–Kier alpha value is -3.13. The Morgan fingerprint density at radius 2 is 2.00 bits per heavy atom. The molecule has 0 fully saturated rings. The molecule has 0 aromatic heterocycles. The fourth-order valence-corrected chi connectivity index (χ4v) is 2.22. The molecule has 1 atom stereocenters. The van der Waals surface area contributed by atoms with Crippen molar-refractivity contribution in [3.8, 4) is 0 Å². The van der Waals surface area contributed by atoms with Gasteiger partial charge in [0.2, 0.25) is 0 Å². The second kappa shape index (κ2) is 7.63. The largest absolute Gasteiger partial charge is 0.480 e. The Kier molecular flexibility index (Phi) is 5.56. The van der Waals surface area contributed by atoms with Crippen molar-refractivity contribution < 1.29 is 23.6 Å². The highest BCUT2D eigenvalue weighted by atomic mass is 19.1. The molecule has 0 saturated carbocycles. The van der Waals surface area contributed by atoms with Crippen molar-refractivity contribution in [1.82, 2.24) is 0 Å². The topological polar surface area (TPSA) is 106 Å². The van der Waals surface area contributed by atoms with E-state index in [-0.39, 0.29) is 28.8 Å². The summed E-state index contributed by atoms with van der Waals surface area (Å²) in [6, 6.07) is 7.09. The third-order valence-electron chi connectivity index (χ3n) is 3.48. The molecule has 2 aromatic carbocycles. The molecule has 0 aliphatic heterocycles. The molecule has 6 nitrogen and oxygen atoms in total. The number of nitrogens with zero attached hydrogens (tertiary/aromatic N) is 1. The summed E-state index contributed by atoms with van der Waals surface area (Å²) >= 11 is 0. The molecule has 0 amide bonds. The standard InChI is InChI=1S/C17H14F2N2O4/c18-11-4-5-14(15(19)9-11)13(6-7-16(20)17(22)23)10-2-1-3-12(8-10)21(24)25/h1-6,8-9,16H,7,20H2,(H,22,23)/b13-6-. The lowest BCUT2D eigenvalue weighted by atomic mass is 9.95. The van der Waals surface area contributed by atoms with Gasteiger partial charge < -0.3 is 10.8 Å². The average Bonchev–Trinajstić information content (AvgIpc) is 2.56. The number of hydrogen-bond acceptors (Lipinski definition) is 4. The molecule has 2 rings (SSSR count). The van der Waals surface area contributed by atoms with Gasteiger partial charge in [-0.2, -0.15) is 0 Å². The van der Waals surface area contributed by atoms with Crippen LogP contribution in [0.4, 0.5) is 14.5 Å². The van der Waals surface area contributed by atoms with Crippen LogP contribution in [0.3, 0.4) is 0 Å². The van der Waals surface area contributed by atoms with Gasteiger partial charge in [0.05, 0.1) is 4.92 Å². The predicted molar refractivity (Wildman–Crippen MR) is 86.8 cm³/mol. The first-order valence-electron chi connectivity index (χ1n) is 7.18. The molecule has 0 heterocycles. The van der Waals surface area contributed by atoms with E-state index in [2.05, 4.69) is 0 Å². The van der Waals surface area contributed by atoms with E-state index in [1.807, 2.05) is 0 Å². The monoisotopic (exact) mass is 348 g/mol. The van der Waals surface area contributed by atoms with Crippen LogP contribution < -0.4 is 5.73 Å². The van der Waals surface area contributed by atoms with E-state index >= 15 is 0 Å². The number of halogens is 2. The molecule has 130 valence electrons. The first-order valence-corrected chi connectivity index (χ1v) is 7.18. The molecule has 8 heteroatoms. The van der Waals surface area contributed by atoms with Crippen LogP contribution in [0.1, 0.15) is 17.5 Å². The van der Waals surface area contributed by atoms with Gasteiger partial charge in [-0.3, -0.25) is 14.9 Å². The van der Waals surface area contributed by atoms with Crippen molar-refractivity contribution in [2.75, 3.05) is 0 Å². The molecule has 1 unspecified atom stereocenters. The van der Waals surface area contributed by atoms with E-state index in [9.17, 15) is 23.7 Å². The van der Waals surface area contributed by atoms with Gasteiger partial charge >= 0.3 is 5.97 Å². The number of benzene rings is 2. The van der Waals surface area contributed by atoms with Crippen molar-refractivity contribution in [3.05, 3.63) is 81.4 Å². The lowest BCUT2D eigenvalue weighted by Crippen LogP contribution is -2.29. The lowest BCUT2D eigenvalue weighted by Gasteiger charge is -2.11. The van der Waals surface area contributed by atoms with E-state index < -0.39 is 28.6 Å². The summed E-state index contributed by atoms with van der Waals surface area (Å²) in [5.74, 6) is -2.89. The van der Waals surface area contributed by atoms with E-state index in [0.717, 1.165) is 6.07 Å². The molecule has 0 aliphatic carbocycles. The highest BCUT2D eigenvalue weighted by Gasteiger charge is 2.16. The van der Waals surface area contributed by atoms with Gasteiger partial charge in [0.1, 0.15) is 17.7 Å². The second-order valence-electron chi connectivity index (χ2n) is 5.23. The number of nitro groups is 1. The zero-order valence-corrected chi connectivity index (χ0v) is 12.9. The number of nitro benzene ring substituents is 1. The molecule has 3 N–H and O–H groups in total. The molecule has 25 heavy (non-hydrogen) atoms. The zero-order chi connectivity index (χ0) is 18.6. The van der Waals surface area contributed by atoms with Gasteiger partial charge in [0, 0.05) is 23.8 Å². The summed E-state index contributed by atoms with van der Waals surface area (Å²) in [6.07, 6.45) is 1.23. The minimum Gasteiger partial charge on any atom is -0.480 e. The van der Waals surface area contributed by atoms with E-state index in [1.54, 1.807) is 0 Å². The Labute approximate surface area is 141 Å². The third kappa shape index (κ3) is 4.45. The number of carbonyl (C=O) groups is 1. The Morgan fingerprint density at radius 1 is 1.28 bits per heavy atom. The molecule has 2 aromatic rings. The van der Waals surface area contributed by atoms with Crippen molar-refractivity contribution in [2.24, 2.45) is 5.73 Å². The minimum absolute atomic E-state index is 0.0144. The van der Waals surface area contributed by atoms with Crippen LogP contribution in [0.2, 0.25) is 0 Å². The molecular weight excluding hydrogens is 334 g/mol. The van der Waals surface area contributed by atoms with Crippen molar-refractivity contribution >= 4 is 17.2 Å². The van der Waals surface area contributed by atoms with Crippen LogP contribution in [-0.4, -0.2) is 22.0 Å². The van der Waals surface area contributed by atoms with Crippen LogP contribution in [0.25, 0.3) is 5.57 Å². The van der Waals surface area contributed by atoms with Crippen LogP contribution in [0.15, 0.2) is 48.5 Å². The number of carboxylic acids is 1. The first kappa shape index (κ1) is 18.2. The molecule has 0 saturated heterocycles. The maximum Gasteiger partial charge on any atom is 0.320 e. The van der Waals surface area contributed by atoms with Gasteiger partial charge in [-0.25, -0.2) is 8.78 Å². The van der Waals surface area contributed by atoms with Crippen LogP contribution >= 0.6 is 0 Å². The average molecular weight is 348 g/mol. The highest BCUT2D eigenvalue weighted by Crippen LogP contribution is 2.29. The summed E-state index contributed by atoms with van der Waals surface area (Å²) in [6.45, 7) is 0. The van der Waals surface area contributed by atoms with E-state index in [0.29, 0.717) is 6.07 Å². The van der Waals surface area contributed by atoms with E-state index in [1.165, 1.54) is 36.4 Å². The second-order valence-corrected chi connectivity index (χ2v) is 5.23. The van der Waals surface area contributed by atoms with Gasteiger partial charge in [-0.15, -0.1) is 0 Å². The summed E-state index contributed by atoms with van der Waals surface area (Å²) in [5.41, 5.74) is 5.71. The van der Waals surface area contributed by atoms with Crippen molar-refractivity contribution in [2.45, 2.75) is 12.5 Å². The van der Waals surface area contributed by atoms with Crippen molar-refractivity contribution in [3.63, 3.8) is 0 Å². The molecule has 0 aliphatic rings. The van der Waals surface area contributed by atoms with Gasteiger partial charge in [0.15, 0.2) is 0 Å². The normalized spacial score (nSPS) is 12.7. The van der Waals surface area contributed by atoms with Crippen LogP contribution in [0, 0.1) is 21.7 Å². The number of non-ortho nitro benzene ring substituents is 1. The lowest BCUT2D eigenvalue weighted by molar-refractivity contribution is -0.384. The Balaban J connectivity index is 2.56. The number of nitrogens with two attached hydrogens (primary N) is 1. The Morgan fingerprint density at radius 3 is 2.60 bits per heavy atom. The third-order valence-corrected chi connectivity index (χ3v) is 3.48. The first-order chi connectivity index (χ1) is 11.8. The van der Waals surface area contributed by atoms with Gasteiger partial charge in [-0.05, 0) is 29.7 Å². The number of hydrogen-bond donors (Lipinski definition) is 2. The number of carboxylic acid groups (broad SMARTS) is 1. The van der Waals surface area contributed by atoms with Gasteiger partial charge in [0.25, 0.3) is 5.69 Å². The van der Waals surface area contributed by atoms with Crippen LogP contribution in [0.5, 0.6) is 0 Å². The smallest absolute Gasteiger partial charge is 0.320 e. The fourth-order valence-electron chi connectivity index (χ4n) is 2.22. The summed E-state index contributed by atoms with van der Waals surface area (Å²) in [7, 11) is 0. The molecule has 0 bridgehead atoms. The predicted octanol–water partition coefficient (Wildman–Crippen LogP) is 3.11. The molecular formula is C17H14F2N2O4. The zero-order valence-electron chi connectivity index (χ0n) is 12.9. The Bertz CT molecular complexity index is 852. The molecule has 0 radical (unpaired) electrons. The molecule has 0 spiro atoms. The quantitative estimate of drug-likeness (QED) is 0.616. The van der Waals surface area contributed by atoms with Crippen molar-refractivity contribution in [1.29, 1.82) is 0 Å². The van der Waals surface area contributed by atoms with E-state index in [4.69, 9.17) is 10.8 Å². The highest BCUT2D eigenvalue weighted by molar-refractivity contribution is 5.82. The van der Waals surface area contributed by atoms with Gasteiger partial charge in [-0.1, -0.05) is 18.2 Å². The van der Waals surface area contributed by atoms with Crippen LogP contribution in [-0.2, 0) is 4.79 Å². The number of rotatable bonds is 6. The maximum atomic E-state index is 14.2. The minimum atomic E-state index is -1.24. The summed E-state index contributed by atoms with van der Waals surface area (Å²) in [5, 5.41) is 19.8. The summed E-state index contributed by atoms with van der Waals surface area (Å²) < 4.78 is 27.3. The fraction of sp³-hybridized carbons (Fsp3) is 0.118.